The van der Waals surface area contributed by atoms with Crippen LogP contribution in [0.25, 0.3) is 0 Å². The molecule has 0 fully saturated rings. The summed E-state index contributed by atoms with van der Waals surface area (Å²) >= 11 is 5.54. The van der Waals surface area contributed by atoms with Crippen LogP contribution in [0.2, 0.25) is 0 Å². The van der Waals surface area contributed by atoms with Gasteiger partial charge in [-0.1, -0.05) is 24.3 Å². The summed E-state index contributed by atoms with van der Waals surface area (Å²) in [6, 6.07) is 9.39. The van der Waals surface area contributed by atoms with Crippen LogP contribution in [-0.4, -0.2) is 46.0 Å². The first-order chi connectivity index (χ1) is 21.2. The molecule has 14 heteroatoms. The minimum Gasteiger partial charge on any atom is -0.462 e. The van der Waals surface area contributed by atoms with Crippen molar-refractivity contribution in [2.45, 2.75) is 98.7 Å². The number of hydrogen-bond donors (Lipinski definition) is 3. The number of esters is 1. The molecule has 0 aliphatic heterocycles. The lowest BCUT2D eigenvalue weighted by Crippen LogP contribution is -2.49. The van der Waals surface area contributed by atoms with Gasteiger partial charge in [0, 0.05) is 0 Å². The van der Waals surface area contributed by atoms with Gasteiger partial charge in [0.1, 0.15) is 17.8 Å². The third-order valence-corrected chi connectivity index (χ3v) is 6.53. The van der Waals surface area contributed by atoms with Crippen LogP contribution in [0.3, 0.4) is 0 Å². The van der Waals surface area contributed by atoms with E-state index in [1.165, 1.54) is 12.1 Å². The van der Waals surface area contributed by atoms with Gasteiger partial charge in [0.15, 0.2) is 5.11 Å². The van der Waals surface area contributed by atoms with Crippen molar-refractivity contribution in [3.8, 4) is 0 Å². The molecule has 2 rings (SSSR count). The van der Waals surface area contributed by atoms with Gasteiger partial charge in [-0.2, -0.15) is 13.2 Å². The topological polar surface area (TPSA) is 132 Å². The molecule has 0 aromatic heterocycles. The van der Waals surface area contributed by atoms with Crippen LogP contribution < -0.4 is 16.4 Å². The Kier molecular flexibility index (Phi) is 12.0. The molecule has 1 unspecified atom stereocenters. The zero-order valence-electron chi connectivity index (χ0n) is 28.5. The van der Waals surface area contributed by atoms with E-state index in [9.17, 15) is 27.6 Å². The highest BCUT2D eigenvalue weighted by atomic mass is 32.1. The lowest BCUT2D eigenvalue weighted by atomic mass is 9.91. The standard InChI is InChI=1S/C33H45F3N4O6S/c1-29(2,3)25(41)44-19-32(10,21-14-12-15-22(17-21)33(34,35)36)39-26(47)38-23-16-11-13-20(24(23)37)18-40(27(42)45-30(4,5)6)28(43)46-31(7,8)9/h11-17H,18-19,37H2,1-10H3,(H2,38,39,47). The molecular formula is C33H45F3N4O6S. The number of para-hydroxylation sites is 1. The summed E-state index contributed by atoms with van der Waals surface area (Å²) in [6.45, 7) is 15.8. The van der Waals surface area contributed by atoms with Gasteiger partial charge in [0.05, 0.1) is 34.4 Å². The molecule has 10 nitrogen and oxygen atoms in total. The molecule has 2 aromatic carbocycles. The molecule has 0 aliphatic carbocycles. The number of benzene rings is 2. The van der Waals surface area contributed by atoms with Gasteiger partial charge in [-0.15, -0.1) is 0 Å². The van der Waals surface area contributed by atoms with Gasteiger partial charge in [-0.3, -0.25) is 4.79 Å². The lowest BCUT2D eigenvalue weighted by Gasteiger charge is -2.34. The zero-order chi connectivity index (χ0) is 36.2. The second-order valence-corrected chi connectivity index (χ2v) is 14.6. The number of carbonyl (C=O) groups is 3. The van der Waals surface area contributed by atoms with E-state index in [-0.39, 0.29) is 35.2 Å². The second kappa shape index (κ2) is 14.4. The number of carbonyl (C=O) groups excluding carboxylic acids is 3. The summed E-state index contributed by atoms with van der Waals surface area (Å²) in [5, 5.41) is 5.85. The van der Waals surface area contributed by atoms with Crippen molar-refractivity contribution in [3.05, 3.63) is 59.2 Å². The molecule has 0 saturated heterocycles. The Morgan fingerprint density at radius 2 is 1.34 bits per heavy atom. The quantitative estimate of drug-likeness (QED) is 0.115. The molecule has 2 amide bonds. The smallest absolute Gasteiger partial charge is 0.420 e. The molecular weight excluding hydrogens is 637 g/mol. The van der Waals surface area contributed by atoms with E-state index in [2.05, 4.69) is 10.6 Å². The first kappa shape index (κ1) is 39.1. The number of nitrogens with one attached hydrogen (secondary N) is 2. The Morgan fingerprint density at radius 1 is 0.830 bits per heavy atom. The molecule has 2 aromatic rings. The summed E-state index contributed by atoms with van der Waals surface area (Å²) in [6.07, 6.45) is -6.49. The van der Waals surface area contributed by atoms with Crippen LogP contribution in [0.4, 0.5) is 34.1 Å². The molecule has 0 aliphatic rings. The molecule has 0 radical (unpaired) electrons. The number of hydrogen-bond acceptors (Lipinski definition) is 8. The van der Waals surface area contributed by atoms with Crippen molar-refractivity contribution in [1.82, 2.24) is 10.2 Å². The number of rotatable bonds is 7. The Balaban J connectivity index is 2.42. The average Bonchev–Trinajstić information content (AvgIpc) is 2.89. The lowest BCUT2D eigenvalue weighted by molar-refractivity contribution is -0.155. The first-order valence-electron chi connectivity index (χ1n) is 14.8. The number of alkyl halides is 3. The van der Waals surface area contributed by atoms with Gasteiger partial charge in [0.2, 0.25) is 0 Å². The van der Waals surface area contributed by atoms with E-state index in [1.807, 2.05) is 0 Å². The van der Waals surface area contributed by atoms with Crippen LogP contribution >= 0.6 is 12.2 Å². The maximum absolute atomic E-state index is 13.6. The predicted octanol–water partition coefficient (Wildman–Crippen LogP) is 7.75. The maximum atomic E-state index is 13.6. The van der Waals surface area contributed by atoms with Gasteiger partial charge >= 0.3 is 24.3 Å². The minimum absolute atomic E-state index is 0.0586. The van der Waals surface area contributed by atoms with E-state index < -0.39 is 52.1 Å². The monoisotopic (exact) mass is 682 g/mol. The normalized spacial score (nSPS) is 13.6. The van der Waals surface area contributed by atoms with Crippen molar-refractivity contribution >= 4 is 46.9 Å². The van der Waals surface area contributed by atoms with E-state index in [0.29, 0.717) is 5.56 Å². The highest BCUT2D eigenvalue weighted by molar-refractivity contribution is 7.80. The number of nitrogen functional groups attached to an aromatic ring is 1. The first-order valence-corrected chi connectivity index (χ1v) is 15.2. The minimum atomic E-state index is -4.61. The Hall–Kier alpha value is -4.07. The Morgan fingerprint density at radius 3 is 1.83 bits per heavy atom. The van der Waals surface area contributed by atoms with E-state index in [0.717, 1.165) is 17.0 Å². The highest BCUT2D eigenvalue weighted by Crippen LogP contribution is 2.33. The molecule has 1 atom stereocenters. The Labute approximate surface area is 279 Å². The number of imide groups is 1. The number of amides is 2. The van der Waals surface area contributed by atoms with Crippen molar-refractivity contribution in [2.24, 2.45) is 5.41 Å². The number of ether oxygens (including phenoxy) is 3. The number of nitrogens with two attached hydrogens (primary N) is 1. The number of nitrogens with zero attached hydrogens (tertiary/aromatic N) is 1. The molecule has 0 bridgehead atoms. The summed E-state index contributed by atoms with van der Waals surface area (Å²) in [4.78, 5) is 39.4. The van der Waals surface area contributed by atoms with Crippen molar-refractivity contribution < 1.29 is 41.8 Å². The number of halogens is 3. The largest absolute Gasteiger partial charge is 0.462 e. The summed E-state index contributed by atoms with van der Waals surface area (Å²) in [5.74, 6) is -0.562. The molecule has 0 spiro atoms. The molecule has 0 heterocycles. The molecule has 260 valence electrons. The van der Waals surface area contributed by atoms with Crippen molar-refractivity contribution in [1.29, 1.82) is 0 Å². The van der Waals surface area contributed by atoms with Crippen LogP contribution in [0.5, 0.6) is 0 Å². The van der Waals surface area contributed by atoms with Gasteiger partial charge in [-0.25, -0.2) is 14.5 Å². The number of anilines is 2. The van der Waals surface area contributed by atoms with E-state index >= 15 is 0 Å². The fourth-order valence-electron chi connectivity index (χ4n) is 3.93. The van der Waals surface area contributed by atoms with Crippen LogP contribution in [0, 0.1) is 5.41 Å². The van der Waals surface area contributed by atoms with Gasteiger partial charge in [0.25, 0.3) is 0 Å². The average molecular weight is 683 g/mol. The third-order valence-electron chi connectivity index (χ3n) is 6.32. The highest BCUT2D eigenvalue weighted by Gasteiger charge is 2.36. The predicted molar refractivity (Wildman–Crippen MR) is 177 cm³/mol. The van der Waals surface area contributed by atoms with E-state index in [1.54, 1.807) is 87.4 Å². The zero-order valence-corrected chi connectivity index (χ0v) is 29.3. The SMILES string of the molecule is CC(C)(C)OC(=O)N(Cc1cccc(NC(=S)NC(C)(COC(=O)C(C)(C)C)c2cccc(C(F)(F)F)c2)c1N)C(=O)OC(C)(C)C. The van der Waals surface area contributed by atoms with Gasteiger partial charge in [-0.05, 0) is 111 Å². The number of thiocarbonyl (C=S) groups is 1. The van der Waals surface area contributed by atoms with Crippen molar-refractivity contribution in [3.63, 3.8) is 0 Å². The molecule has 47 heavy (non-hydrogen) atoms. The Bertz CT molecular complexity index is 1450. The summed E-state index contributed by atoms with van der Waals surface area (Å²) < 4.78 is 57.1. The summed E-state index contributed by atoms with van der Waals surface area (Å²) in [5.41, 5.74) is 2.36. The molecule has 0 saturated carbocycles. The maximum Gasteiger partial charge on any atom is 0.420 e. The van der Waals surface area contributed by atoms with Crippen LogP contribution in [0.1, 0.15) is 85.9 Å². The fraction of sp³-hybridized carbons (Fsp3) is 0.515. The molecule has 4 N–H and O–H groups in total. The van der Waals surface area contributed by atoms with Crippen molar-refractivity contribution in [2.75, 3.05) is 17.7 Å². The second-order valence-electron chi connectivity index (χ2n) is 14.2. The third kappa shape index (κ3) is 11.9. The summed E-state index contributed by atoms with van der Waals surface area (Å²) in [7, 11) is 0. The van der Waals surface area contributed by atoms with Crippen LogP contribution in [-0.2, 0) is 37.3 Å². The van der Waals surface area contributed by atoms with Crippen LogP contribution in [0.15, 0.2) is 42.5 Å². The van der Waals surface area contributed by atoms with E-state index in [4.69, 9.17) is 32.2 Å². The fourth-order valence-corrected chi connectivity index (χ4v) is 4.26. The van der Waals surface area contributed by atoms with Gasteiger partial charge < -0.3 is 30.6 Å².